The Morgan fingerprint density at radius 1 is 1.11 bits per heavy atom. The number of nitrogens with one attached hydrogen (secondary N) is 1. The van der Waals surface area contributed by atoms with E-state index in [1.165, 1.54) is 6.42 Å². The molecule has 0 unspecified atom stereocenters. The third-order valence-electron chi connectivity index (χ3n) is 5.01. The lowest BCUT2D eigenvalue weighted by molar-refractivity contribution is -0.132. The number of hydrogen-bond donors (Lipinski definition) is 1. The average Bonchev–Trinajstić information content (AvgIpc) is 2.69. The molecule has 0 saturated carbocycles. The highest BCUT2D eigenvalue weighted by Gasteiger charge is 2.22. The number of Topliss-reactive ketones (excluding diaryl/α,β-unsaturated/α-hetero) is 1. The molecule has 0 spiro atoms. The van der Waals surface area contributed by atoms with Crippen molar-refractivity contribution in [2.24, 2.45) is 0 Å². The Hall–Kier alpha value is -1.59. The Labute approximate surface area is 169 Å². The maximum absolute atomic E-state index is 12.3. The first kappa shape index (κ1) is 23.4. The lowest BCUT2D eigenvalue weighted by Crippen LogP contribution is -2.44. The van der Waals surface area contributed by atoms with E-state index in [1.54, 1.807) is 12.1 Å². The summed E-state index contributed by atoms with van der Waals surface area (Å²) in [5.41, 5.74) is 0.642. The van der Waals surface area contributed by atoms with Gasteiger partial charge in [0.1, 0.15) is 5.75 Å². The van der Waals surface area contributed by atoms with Crippen molar-refractivity contribution in [3.05, 3.63) is 29.8 Å². The van der Waals surface area contributed by atoms with Crippen molar-refractivity contribution in [2.75, 3.05) is 26.7 Å². The largest absolute Gasteiger partial charge is 0.494 e. The number of carbonyl (C=O) groups excluding carboxylic acids is 2. The molecule has 0 atom stereocenters. The van der Waals surface area contributed by atoms with Crippen molar-refractivity contribution in [3.63, 3.8) is 0 Å². The number of halogens is 1. The third-order valence-corrected chi connectivity index (χ3v) is 5.01. The second-order valence-corrected chi connectivity index (χ2v) is 6.99. The summed E-state index contributed by atoms with van der Waals surface area (Å²) in [4.78, 5) is 26.5. The molecule has 1 aliphatic rings. The van der Waals surface area contributed by atoms with E-state index in [0.717, 1.165) is 44.5 Å². The molecule has 0 aliphatic carbocycles. The van der Waals surface area contributed by atoms with E-state index in [9.17, 15) is 9.59 Å². The van der Waals surface area contributed by atoms with Gasteiger partial charge in [-0.1, -0.05) is 19.8 Å². The normalized spacial score (nSPS) is 14.3. The summed E-state index contributed by atoms with van der Waals surface area (Å²) in [6.45, 7) is 4.77. The topological polar surface area (TPSA) is 58.6 Å². The van der Waals surface area contributed by atoms with Crippen molar-refractivity contribution < 1.29 is 14.3 Å². The molecule has 1 aromatic carbocycles. The molecule has 1 aromatic rings. The minimum Gasteiger partial charge on any atom is -0.494 e. The molecule has 27 heavy (non-hydrogen) atoms. The molecule has 0 aromatic heterocycles. The number of piperidine rings is 1. The van der Waals surface area contributed by atoms with Crippen LogP contribution in [0, 0.1) is 0 Å². The molecule has 0 radical (unpaired) electrons. The van der Waals surface area contributed by atoms with E-state index >= 15 is 0 Å². The predicted molar refractivity (Wildman–Crippen MR) is 111 cm³/mol. The van der Waals surface area contributed by atoms with Crippen LogP contribution in [0.15, 0.2) is 24.3 Å². The Morgan fingerprint density at radius 3 is 2.41 bits per heavy atom. The first-order chi connectivity index (χ1) is 12.6. The highest BCUT2D eigenvalue weighted by Crippen LogP contribution is 2.16. The number of unbranched alkanes of at least 4 members (excludes halogenated alkanes) is 2. The van der Waals surface area contributed by atoms with Gasteiger partial charge in [0.15, 0.2) is 5.78 Å². The monoisotopic (exact) mass is 396 g/mol. The Kier molecular flexibility index (Phi) is 11.1. The minimum atomic E-state index is 0. The summed E-state index contributed by atoms with van der Waals surface area (Å²) in [6.07, 6.45) is 5.87. The number of hydrogen-bond acceptors (Lipinski definition) is 4. The second-order valence-electron chi connectivity index (χ2n) is 6.99. The number of carbonyl (C=O) groups is 2. The van der Waals surface area contributed by atoms with E-state index in [0.29, 0.717) is 18.2 Å². The Morgan fingerprint density at radius 2 is 1.78 bits per heavy atom. The molecule has 2 rings (SSSR count). The first-order valence-electron chi connectivity index (χ1n) is 9.84. The number of ketones is 1. The zero-order valence-electron chi connectivity index (χ0n) is 16.5. The van der Waals surface area contributed by atoms with Crippen molar-refractivity contribution in [1.82, 2.24) is 10.2 Å². The lowest BCUT2D eigenvalue weighted by atomic mass is 10.0. The van der Waals surface area contributed by atoms with Gasteiger partial charge in [0.2, 0.25) is 5.91 Å². The molecule has 0 bridgehead atoms. The molecule has 1 N–H and O–H groups in total. The summed E-state index contributed by atoms with van der Waals surface area (Å²) in [5.74, 6) is 0.857. The van der Waals surface area contributed by atoms with E-state index in [4.69, 9.17) is 4.74 Å². The minimum absolute atomic E-state index is 0. The van der Waals surface area contributed by atoms with Gasteiger partial charge in [0.25, 0.3) is 0 Å². The molecule has 6 heteroatoms. The molecular weight excluding hydrogens is 364 g/mol. The molecule has 152 valence electrons. The number of rotatable bonds is 10. The molecule has 5 nitrogen and oxygen atoms in total. The number of amides is 1. The Bertz CT molecular complexity index is 571. The summed E-state index contributed by atoms with van der Waals surface area (Å²) in [7, 11) is 1.85. The SMILES string of the molecule is CCCCCOc1ccc(C(=O)CCC(=O)N(C)C2CCNCC2)cc1.Cl. The maximum Gasteiger partial charge on any atom is 0.223 e. The second kappa shape index (κ2) is 12.7. The van der Waals surface area contributed by atoms with E-state index < -0.39 is 0 Å². The van der Waals surface area contributed by atoms with Crippen LogP contribution in [-0.2, 0) is 4.79 Å². The highest BCUT2D eigenvalue weighted by molar-refractivity contribution is 5.98. The number of nitrogens with zero attached hydrogens (tertiary/aromatic N) is 1. The van der Waals surface area contributed by atoms with Crippen LogP contribution >= 0.6 is 12.4 Å². The van der Waals surface area contributed by atoms with Crippen LogP contribution in [0.2, 0.25) is 0 Å². The fourth-order valence-corrected chi connectivity index (χ4v) is 3.22. The average molecular weight is 397 g/mol. The Balaban J connectivity index is 0.00000364. The standard InChI is InChI=1S/C21H32N2O3.ClH/c1-3-4-5-16-26-19-8-6-17(7-9-19)20(24)10-11-21(25)23(2)18-12-14-22-15-13-18;/h6-9,18,22H,3-5,10-16H2,1-2H3;1H. The van der Waals surface area contributed by atoms with Gasteiger partial charge in [-0.3, -0.25) is 9.59 Å². The zero-order chi connectivity index (χ0) is 18.8. The zero-order valence-corrected chi connectivity index (χ0v) is 17.4. The fourth-order valence-electron chi connectivity index (χ4n) is 3.22. The highest BCUT2D eigenvalue weighted by atomic mass is 35.5. The van der Waals surface area contributed by atoms with Crippen LogP contribution in [-0.4, -0.2) is 49.4 Å². The molecule has 1 heterocycles. The van der Waals surface area contributed by atoms with Crippen molar-refractivity contribution >= 4 is 24.1 Å². The summed E-state index contributed by atoms with van der Waals surface area (Å²) in [5, 5.41) is 3.30. The van der Waals surface area contributed by atoms with Gasteiger partial charge in [-0.2, -0.15) is 0 Å². The number of benzene rings is 1. The lowest BCUT2D eigenvalue weighted by Gasteiger charge is -2.31. The molecule has 1 saturated heterocycles. The van der Waals surface area contributed by atoms with Crippen LogP contribution in [0.4, 0.5) is 0 Å². The van der Waals surface area contributed by atoms with Crippen LogP contribution < -0.4 is 10.1 Å². The molecule has 1 amide bonds. The van der Waals surface area contributed by atoms with E-state index in [-0.39, 0.29) is 36.9 Å². The van der Waals surface area contributed by atoms with Crippen LogP contribution in [0.1, 0.15) is 62.2 Å². The van der Waals surface area contributed by atoms with Gasteiger partial charge in [-0.05, 0) is 56.6 Å². The van der Waals surface area contributed by atoms with Crippen molar-refractivity contribution in [1.29, 1.82) is 0 Å². The van der Waals surface area contributed by atoms with Gasteiger partial charge in [0.05, 0.1) is 6.61 Å². The first-order valence-corrected chi connectivity index (χ1v) is 9.84. The van der Waals surface area contributed by atoms with Crippen molar-refractivity contribution in [2.45, 2.75) is 57.9 Å². The molecule has 1 aliphatic heterocycles. The fraction of sp³-hybridized carbons (Fsp3) is 0.619. The summed E-state index contributed by atoms with van der Waals surface area (Å²) >= 11 is 0. The van der Waals surface area contributed by atoms with Crippen LogP contribution in [0.5, 0.6) is 5.75 Å². The van der Waals surface area contributed by atoms with Crippen LogP contribution in [0.3, 0.4) is 0 Å². The summed E-state index contributed by atoms with van der Waals surface area (Å²) in [6, 6.07) is 7.55. The van der Waals surface area contributed by atoms with Gasteiger partial charge >= 0.3 is 0 Å². The molecule has 1 fully saturated rings. The maximum atomic E-state index is 12.3. The summed E-state index contributed by atoms with van der Waals surface area (Å²) < 4.78 is 5.66. The third kappa shape index (κ3) is 7.89. The van der Waals surface area contributed by atoms with Gasteiger partial charge < -0.3 is 15.0 Å². The number of ether oxygens (including phenoxy) is 1. The van der Waals surface area contributed by atoms with Gasteiger partial charge in [0, 0.05) is 31.5 Å². The van der Waals surface area contributed by atoms with E-state index in [2.05, 4.69) is 12.2 Å². The van der Waals surface area contributed by atoms with E-state index in [1.807, 2.05) is 24.1 Å². The van der Waals surface area contributed by atoms with Gasteiger partial charge in [-0.25, -0.2) is 0 Å². The van der Waals surface area contributed by atoms with Crippen molar-refractivity contribution in [3.8, 4) is 5.75 Å². The quantitative estimate of drug-likeness (QED) is 0.482. The molecular formula is C21H33ClN2O3. The van der Waals surface area contributed by atoms with Gasteiger partial charge in [-0.15, -0.1) is 12.4 Å². The predicted octanol–water partition coefficient (Wildman–Crippen LogP) is 3.85. The van der Waals surface area contributed by atoms with Crippen LogP contribution in [0.25, 0.3) is 0 Å². The smallest absolute Gasteiger partial charge is 0.223 e.